The van der Waals surface area contributed by atoms with Crippen molar-refractivity contribution in [2.45, 2.75) is 11.3 Å². The highest BCUT2D eigenvalue weighted by Gasteiger charge is 2.47. The number of carbonyl (C=O) groups excluding carboxylic acids is 3. The van der Waals surface area contributed by atoms with Gasteiger partial charge in [0.1, 0.15) is 6.21 Å². The number of hydrogen-bond donors (Lipinski definition) is 1. The Kier molecular flexibility index (Phi) is 6.07. The van der Waals surface area contributed by atoms with Gasteiger partial charge < -0.3 is 0 Å². The molecule has 1 aromatic heterocycles. The number of urea groups is 1. The normalized spacial score (nSPS) is 19.3. The van der Waals surface area contributed by atoms with E-state index in [4.69, 9.17) is 0 Å². The number of aliphatic imine (C=N–C) groups is 1. The first kappa shape index (κ1) is 19.7. The number of nitrogens with one attached hydrogen (secondary N) is 1. The van der Waals surface area contributed by atoms with Crippen molar-refractivity contribution in [2.75, 3.05) is 30.9 Å². The molecule has 142 valence electrons. The van der Waals surface area contributed by atoms with Crippen LogP contribution in [-0.2, 0) is 9.59 Å². The lowest BCUT2D eigenvalue weighted by molar-refractivity contribution is -0.407. The summed E-state index contributed by atoms with van der Waals surface area (Å²) in [7, 11) is 3.01. The Morgan fingerprint density at radius 2 is 2.15 bits per heavy atom. The van der Waals surface area contributed by atoms with Crippen molar-refractivity contribution in [1.82, 2.24) is 15.1 Å². The summed E-state index contributed by atoms with van der Waals surface area (Å²) in [6.07, 6.45) is 3.23. The molecular weight excluding hydrogens is 408 g/mol. The van der Waals surface area contributed by atoms with Crippen molar-refractivity contribution in [1.29, 1.82) is 0 Å². The van der Waals surface area contributed by atoms with Gasteiger partial charge in [0.05, 0.1) is 19.8 Å². The molecule has 1 atom stereocenters. The predicted molar refractivity (Wildman–Crippen MR) is 107 cm³/mol. The van der Waals surface area contributed by atoms with Crippen LogP contribution in [0.5, 0.6) is 0 Å². The lowest BCUT2D eigenvalue weighted by atomic mass is 10.0. The first-order valence-electron chi connectivity index (χ1n) is 7.97. The largest absolute Gasteiger partial charge is 0.445 e. The van der Waals surface area contributed by atoms with Crippen LogP contribution in [-0.4, -0.2) is 75.2 Å². The van der Waals surface area contributed by atoms with Crippen molar-refractivity contribution in [3.63, 3.8) is 0 Å². The Labute approximate surface area is 168 Å². The van der Waals surface area contributed by atoms with E-state index in [1.54, 1.807) is 24.9 Å². The van der Waals surface area contributed by atoms with Gasteiger partial charge in [0.25, 0.3) is 5.84 Å². The molecule has 4 amide bonds. The molecule has 1 N–H and O–H groups in total. The van der Waals surface area contributed by atoms with E-state index >= 15 is 0 Å². The van der Waals surface area contributed by atoms with Crippen molar-refractivity contribution >= 4 is 69.9 Å². The Bertz CT molecular complexity index is 891. The number of rotatable bonds is 6. The number of amides is 4. The molecule has 1 unspecified atom stereocenters. The van der Waals surface area contributed by atoms with E-state index in [9.17, 15) is 14.4 Å². The lowest BCUT2D eigenvalue weighted by Gasteiger charge is -2.26. The lowest BCUT2D eigenvalue weighted by Crippen LogP contribution is -2.52. The molecule has 12 heteroatoms. The zero-order valence-corrected chi connectivity index (χ0v) is 17.3. The number of thioether (sulfide) groups is 2. The van der Waals surface area contributed by atoms with E-state index in [0.717, 1.165) is 15.0 Å². The number of carbonyl (C=O) groups is 3. The van der Waals surface area contributed by atoms with Crippen LogP contribution in [0, 0.1) is 5.92 Å². The smallest absolute Gasteiger partial charge is 0.300 e. The van der Waals surface area contributed by atoms with E-state index in [0.29, 0.717) is 15.9 Å². The van der Waals surface area contributed by atoms with Crippen LogP contribution in [0.3, 0.4) is 0 Å². The van der Waals surface area contributed by atoms with Gasteiger partial charge in [0.15, 0.2) is 10.3 Å². The molecule has 0 saturated heterocycles. The van der Waals surface area contributed by atoms with Crippen molar-refractivity contribution < 1.29 is 19.0 Å². The molecule has 0 radical (unpaired) electrons. The third kappa shape index (κ3) is 4.12. The topological polar surface area (TPSA) is 108 Å². The van der Waals surface area contributed by atoms with Crippen molar-refractivity contribution in [3.05, 3.63) is 11.0 Å². The zero-order chi connectivity index (χ0) is 19.6. The van der Waals surface area contributed by atoms with E-state index in [1.165, 1.54) is 40.9 Å². The summed E-state index contributed by atoms with van der Waals surface area (Å²) in [5, 5.41) is 11.1. The molecule has 2 aliphatic heterocycles. The number of fused-ring (bicyclic) bond motifs is 1. The second kappa shape index (κ2) is 8.31. The van der Waals surface area contributed by atoms with Crippen LogP contribution in [0.15, 0.2) is 20.3 Å². The van der Waals surface area contributed by atoms with E-state index in [-0.39, 0.29) is 17.6 Å². The number of imide groups is 1. The summed E-state index contributed by atoms with van der Waals surface area (Å²) in [6.45, 7) is 2.02. The number of hydrogen-bond acceptors (Lipinski definition) is 9. The van der Waals surface area contributed by atoms with Crippen LogP contribution < -0.4 is 5.32 Å². The number of allylic oxidation sites excluding steroid dienone is 1. The molecule has 1 aromatic rings. The summed E-state index contributed by atoms with van der Waals surface area (Å²) < 4.78 is 2.15. The molecule has 0 aromatic carbocycles. The molecule has 9 nitrogen and oxygen atoms in total. The number of nitrogens with zero attached hydrogens (tertiary/aromatic N) is 5. The summed E-state index contributed by atoms with van der Waals surface area (Å²) >= 11 is 4.12. The first-order valence-corrected chi connectivity index (χ1v) is 10.8. The molecule has 0 aliphatic carbocycles. The van der Waals surface area contributed by atoms with Gasteiger partial charge in [-0.1, -0.05) is 30.0 Å². The zero-order valence-electron chi connectivity index (χ0n) is 14.8. The van der Waals surface area contributed by atoms with Crippen LogP contribution in [0.25, 0.3) is 0 Å². The average molecular weight is 426 g/mol. The maximum atomic E-state index is 12.5. The SMILES string of the molecule is CCSc1nnc(NC(=O)CSC2=CC=NC3=[N+](C)C(=O)N(C)C(=O)C23)s1. The van der Waals surface area contributed by atoms with Crippen LogP contribution in [0.2, 0.25) is 0 Å². The van der Waals surface area contributed by atoms with Gasteiger partial charge in [-0.15, -0.1) is 27.0 Å². The standard InChI is InChI=1S/C15H16N6O3S3/c1-4-25-14-19-18-13(27-14)17-9(22)7-26-8-5-6-16-11-10(8)12(23)21(3)15(24)20(11)2/h5-6,10H,4,7H2,1-3H3/p+1. The fourth-order valence-electron chi connectivity index (χ4n) is 2.49. The summed E-state index contributed by atoms with van der Waals surface area (Å²) in [5.41, 5.74) is 0. The highest BCUT2D eigenvalue weighted by Crippen LogP contribution is 2.32. The summed E-state index contributed by atoms with van der Waals surface area (Å²) in [5.74, 6) is 0.0972. The molecular formula is C15H17N6O3S3+. The number of dihydropyridines is 1. The quantitative estimate of drug-likeness (QED) is 0.418. The Morgan fingerprint density at radius 3 is 2.89 bits per heavy atom. The van der Waals surface area contributed by atoms with Gasteiger partial charge in [0.2, 0.25) is 11.0 Å². The molecule has 0 bridgehead atoms. The average Bonchev–Trinajstić information content (AvgIpc) is 3.09. The molecule has 3 rings (SSSR count). The second-order valence-corrected chi connectivity index (χ2v) is 9.06. The van der Waals surface area contributed by atoms with Gasteiger partial charge in [-0.3, -0.25) is 14.9 Å². The minimum atomic E-state index is -0.672. The molecule has 0 fully saturated rings. The second-order valence-electron chi connectivity index (χ2n) is 5.52. The van der Waals surface area contributed by atoms with Gasteiger partial charge in [0, 0.05) is 4.91 Å². The third-order valence-corrected chi connectivity index (χ3v) is 6.74. The summed E-state index contributed by atoms with van der Waals surface area (Å²) in [4.78, 5) is 42.7. The van der Waals surface area contributed by atoms with Crippen LogP contribution >= 0.6 is 34.9 Å². The first-order chi connectivity index (χ1) is 12.9. The highest BCUT2D eigenvalue weighted by molar-refractivity contribution is 8.03. The number of aromatic nitrogens is 2. The fraction of sp³-hybridized carbons (Fsp3) is 0.400. The van der Waals surface area contributed by atoms with Gasteiger partial charge in [-0.05, 0) is 11.8 Å². The maximum absolute atomic E-state index is 12.5. The van der Waals surface area contributed by atoms with Crippen molar-refractivity contribution in [3.8, 4) is 0 Å². The number of amidine groups is 1. The Balaban J connectivity index is 1.66. The third-order valence-electron chi connectivity index (χ3n) is 3.77. The molecule has 2 aliphatic rings. The monoisotopic (exact) mass is 425 g/mol. The van der Waals surface area contributed by atoms with E-state index in [1.807, 2.05) is 6.92 Å². The van der Waals surface area contributed by atoms with Crippen molar-refractivity contribution in [2.24, 2.45) is 10.9 Å². The number of anilines is 1. The Morgan fingerprint density at radius 1 is 1.37 bits per heavy atom. The molecule has 3 heterocycles. The minimum absolute atomic E-state index is 0.105. The predicted octanol–water partition coefficient (Wildman–Crippen LogP) is 1.54. The molecule has 0 saturated carbocycles. The van der Waals surface area contributed by atoms with Gasteiger partial charge >= 0.3 is 11.9 Å². The van der Waals surface area contributed by atoms with E-state index in [2.05, 4.69) is 20.5 Å². The van der Waals surface area contributed by atoms with Gasteiger partial charge in [-0.25, -0.2) is 4.79 Å². The minimum Gasteiger partial charge on any atom is -0.300 e. The molecule has 0 spiro atoms. The Hall–Kier alpha value is -2.05. The highest BCUT2D eigenvalue weighted by atomic mass is 32.2. The van der Waals surface area contributed by atoms with Crippen LogP contribution in [0.1, 0.15) is 6.92 Å². The summed E-state index contributed by atoms with van der Waals surface area (Å²) in [6, 6.07) is -0.426. The van der Waals surface area contributed by atoms with Crippen LogP contribution in [0.4, 0.5) is 9.93 Å². The molecule has 27 heavy (non-hydrogen) atoms. The van der Waals surface area contributed by atoms with Gasteiger partial charge in [-0.2, -0.15) is 9.48 Å². The maximum Gasteiger partial charge on any atom is 0.445 e. The fourth-order valence-corrected chi connectivity index (χ4v) is 5.05. The van der Waals surface area contributed by atoms with E-state index < -0.39 is 11.9 Å².